The summed E-state index contributed by atoms with van der Waals surface area (Å²) < 4.78 is 41.9. The number of halogens is 3. The van der Waals surface area contributed by atoms with E-state index in [0.29, 0.717) is 12.2 Å². The van der Waals surface area contributed by atoms with Gasteiger partial charge in [-0.3, -0.25) is 4.68 Å². The molecule has 7 heteroatoms. The molecule has 1 aromatic carbocycles. The van der Waals surface area contributed by atoms with Crippen LogP contribution in [0.4, 0.5) is 13.2 Å². The molecule has 108 valence electrons. The molecule has 2 rings (SSSR count). The number of rotatable bonds is 5. The lowest BCUT2D eigenvalue weighted by molar-refractivity contribution is 0.429. The Morgan fingerprint density at radius 2 is 2.00 bits per heavy atom. The van der Waals surface area contributed by atoms with Gasteiger partial charge in [-0.2, -0.15) is 0 Å². The maximum Gasteiger partial charge on any atom is 0.194 e. The highest BCUT2D eigenvalue weighted by atomic mass is 19.2. The summed E-state index contributed by atoms with van der Waals surface area (Å²) in [5.41, 5.74) is 0.603. The van der Waals surface area contributed by atoms with Crippen molar-refractivity contribution in [3.8, 4) is 0 Å². The minimum Gasteiger partial charge on any atom is -0.305 e. The van der Waals surface area contributed by atoms with Gasteiger partial charge in [0, 0.05) is 12.6 Å². The molecule has 2 aromatic rings. The fourth-order valence-electron chi connectivity index (χ4n) is 1.99. The van der Waals surface area contributed by atoms with E-state index in [-0.39, 0.29) is 5.56 Å². The molecule has 1 atom stereocenters. The molecule has 0 amide bonds. The second-order valence-corrected chi connectivity index (χ2v) is 4.43. The lowest BCUT2D eigenvalue weighted by Gasteiger charge is -2.19. The van der Waals surface area contributed by atoms with E-state index in [2.05, 4.69) is 15.6 Å². The van der Waals surface area contributed by atoms with E-state index in [1.54, 1.807) is 7.05 Å². The first-order chi connectivity index (χ1) is 9.56. The average Bonchev–Trinajstić information content (AvgIpc) is 2.85. The van der Waals surface area contributed by atoms with Gasteiger partial charge in [0.05, 0.1) is 17.9 Å². The van der Waals surface area contributed by atoms with Crippen LogP contribution in [-0.4, -0.2) is 21.5 Å². The fraction of sp³-hybridized carbons (Fsp3) is 0.385. The molecule has 1 unspecified atom stereocenters. The molecule has 0 aliphatic rings. The van der Waals surface area contributed by atoms with E-state index in [1.165, 1.54) is 16.9 Å². The third kappa shape index (κ3) is 2.67. The average molecular weight is 284 g/mol. The summed E-state index contributed by atoms with van der Waals surface area (Å²) in [5, 5.41) is 10.6. The quantitative estimate of drug-likeness (QED) is 0.857. The van der Waals surface area contributed by atoms with Gasteiger partial charge in [0.1, 0.15) is 0 Å². The van der Waals surface area contributed by atoms with Crippen molar-refractivity contribution >= 4 is 0 Å². The molecule has 0 bridgehead atoms. The van der Waals surface area contributed by atoms with Crippen molar-refractivity contribution < 1.29 is 13.2 Å². The normalized spacial score (nSPS) is 12.7. The first kappa shape index (κ1) is 14.5. The van der Waals surface area contributed by atoms with E-state index in [9.17, 15) is 13.2 Å². The van der Waals surface area contributed by atoms with Crippen molar-refractivity contribution in [2.24, 2.45) is 7.05 Å². The molecule has 1 aromatic heterocycles. The van der Waals surface area contributed by atoms with Crippen molar-refractivity contribution in [2.75, 3.05) is 6.54 Å². The Kier molecular flexibility index (Phi) is 4.39. The largest absolute Gasteiger partial charge is 0.305 e. The summed E-state index contributed by atoms with van der Waals surface area (Å²) in [7, 11) is 1.65. The van der Waals surface area contributed by atoms with Crippen molar-refractivity contribution in [2.45, 2.75) is 19.4 Å². The Morgan fingerprint density at radius 3 is 2.60 bits per heavy atom. The predicted octanol–water partition coefficient (Wildman–Crippen LogP) is 2.32. The van der Waals surface area contributed by atoms with Crippen LogP contribution < -0.4 is 5.32 Å². The number of benzene rings is 1. The van der Waals surface area contributed by atoms with Gasteiger partial charge in [-0.1, -0.05) is 18.2 Å². The first-order valence-corrected chi connectivity index (χ1v) is 6.27. The highest BCUT2D eigenvalue weighted by Crippen LogP contribution is 2.26. The molecule has 1 heterocycles. The Balaban J connectivity index is 2.47. The molecule has 0 fully saturated rings. The Morgan fingerprint density at radius 1 is 1.25 bits per heavy atom. The van der Waals surface area contributed by atoms with Crippen LogP contribution in [0.25, 0.3) is 0 Å². The van der Waals surface area contributed by atoms with Crippen molar-refractivity contribution in [1.29, 1.82) is 0 Å². The van der Waals surface area contributed by atoms with E-state index in [1.807, 2.05) is 6.92 Å². The van der Waals surface area contributed by atoms with Crippen molar-refractivity contribution in [3.05, 3.63) is 47.0 Å². The van der Waals surface area contributed by atoms with Crippen LogP contribution in [0.1, 0.15) is 30.6 Å². The molecule has 0 saturated carbocycles. The molecule has 0 spiro atoms. The zero-order valence-electron chi connectivity index (χ0n) is 11.2. The van der Waals surface area contributed by atoms with Gasteiger partial charge in [0.15, 0.2) is 17.5 Å². The molecule has 0 radical (unpaired) electrons. The summed E-state index contributed by atoms with van der Waals surface area (Å²) in [6.07, 6.45) is 2.28. The van der Waals surface area contributed by atoms with Gasteiger partial charge in [-0.15, -0.1) is 5.10 Å². The van der Waals surface area contributed by atoms with Crippen LogP contribution in [0.5, 0.6) is 0 Å². The summed E-state index contributed by atoms with van der Waals surface area (Å²) >= 11 is 0. The van der Waals surface area contributed by atoms with Gasteiger partial charge in [-0.05, 0) is 19.0 Å². The minimum atomic E-state index is -1.47. The number of aromatic nitrogens is 3. The Hall–Kier alpha value is -1.89. The van der Waals surface area contributed by atoms with Crippen LogP contribution in [0.3, 0.4) is 0 Å². The minimum absolute atomic E-state index is 0.0303. The highest BCUT2D eigenvalue weighted by molar-refractivity contribution is 5.29. The monoisotopic (exact) mass is 284 g/mol. The molecule has 0 saturated heterocycles. The van der Waals surface area contributed by atoms with E-state index in [0.717, 1.165) is 12.5 Å². The molecule has 4 nitrogen and oxygen atoms in total. The number of hydrogen-bond donors (Lipinski definition) is 1. The van der Waals surface area contributed by atoms with Gasteiger partial charge in [0.25, 0.3) is 0 Å². The number of hydrogen-bond acceptors (Lipinski definition) is 3. The Bertz CT molecular complexity index is 597. The van der Waals surface area contributed by atoms with Crippen LogP contribution in [0.2, 0.25) is 0 Å². The standard InChI is InChI=1S/C13H15F3N4/c1-3-6-17-13(10-7-18-19-20(10)2)8-4-5-9(14)12(16)11(8)15/h4-5,7,13,17H,3,6H2,1-2H3. The second-order valence-electron chi connectivity index (χ2n) is 4.43. The van der Waals surface area contributed by atoms with Crippen LogP contribution in [-0.2, 0) is 7.05 Å². The van der Waals surface area contributed by atoms with Gasteiger partial charge in [0.2, 0.25) is 0 Å². The summed E-state index contributed by atoms with van der Waals surface area (Å²) in [6, 6.07) is 1.51. The van der Waals surface area contributed by atoms with Crippen molar-refractivity contribution in [3.63, 3.8) is 0 Å². The summed E-state index contributed by atoms with van der Waals surface area (Å²) in [5.74, 6) is -3.87. The molecule has 0 aliphatic heterocycles. The summed E-state index contributed by atoms with van der Waals surface area (Å²) in [6.45, 7) is 2.54. The number of nitrogens with one attached hydrogen (secondary N) is 1. The Labute approximate surface area is 114 Å². The SMILES string of the molecule is CCCNC(c1ccc(F)c(F)c1F)c1cnnn1C. The van der Waals surface area contributed by atoms with E-state index in [4.69, 9.17) is 0 Å². The zero-order valence-corrected chi connectivity index (χ0v) is 11.2. The third-order valence-corrected chi connectivity index (χ3v) is 3.02. The summed E-state index contributed by atoms with van der Waals surface area (Å²) in [4.78, 5) is 0. The first-order valence-electron chi connectivity index (χ1n) is 6.27. The third-order valence-electron chi connectivity index (χ3n) is 3.02. The van der Waals surface area contributed by atoms with E-state index >= 15 is 0 Å². The topological polar surface area (TPSA) is 42.7 Å². The second kappa shape index (κ2) is 6.04. The molecular formula is C13H15F3N4. The van der Waals surface area contributed by atoms with Gasteiger partial charge in [-0.25, -0.2) is 13.2 Å². The van der Waals surface area contributed by atoms with Gasteiger partial charge < -0.3 is 5.32 Å². The molecule has 0 aliphatic carbocycles. The molecular weight excluding hydrogens is 269 g/mol. The van der Waals surface area contributed by atoms with Crippen molar-refractivity contribution in [1.82, 2.24) is 20.3 Å². The number of nitrogens with zero attached hydrogens (tertiary/aromatic N) is 3. The molecule has 20 heavy (non-hydrogen) atoms. The van der Waals surface area contributed by atoms with Crippen LogP contribution >= 0.6 is 0 Å². The lowest BCUT2D eigenvalue weighted by atomic mass is 10.0. The predicted molar refractivity (Wildman–Crippen MR) is 67.5 cm³/mol. The molecule has 1 N–H and O–H groups in total. The highest BCUT2D eigenvalue weighted by Gasteiger charge is 2.24. The smallest absolute Gasteiger partial charge is 0.194 e. The van der Waals surface area contributed by atoms with Gasteiger partial charge >= 0.3 is 0 Å². The maximum atomic E-state index is 14.0. The number of aryl methyl sites for hydroxylation is 1. The zero-order chi connectivity index (χ0) is 14.7. The van der Waals surface area contributed by atoms with Crippen LogP contribution in [0, 0.1) is 17.5 Å². The van der Waals surface area contributed by atoms with Crippen LogP contribution in [0.15, 0.2) is 18.3 Å². The van der Waals surface area contributed by atoms with E-state index < -0.39 is 23.5 Å². The maximum absolute atomic E-state index is 14.0. The lowest BCUT2D eigenvalue weighted by Crippen LogP contribution is -2.26. The fourth-order valence-corrected chi connectivity index (χ4v) is 1.99.